The molecule has 2 aromatic heterocycles. The number of hydrogen-bond donors (Lipinski definition) is 1. The van der Waals surface area contributed by atoms with Crippen LogP contribution in [0.1, 0.15) is 10.5 Å². The number of carbonyl (C=O) groups is 1. The molecular weight excluding hydrogens is 296 g/mol. The summed E-state index contributed by atoms with van der Waals surface area (Å²) >= 11 is 0. The second-order valence-electron chi connectivity index (χ2n) is 4.37. The lowest BCUT2D eigenvalue weighted by molar-refractivity contribution is 0.101. The highest BCUT2D eigenvalue weighted by Crippen LogP contribution is 2.23. The van der Waals surface area contributed by atoms with Gasteiger partial charge in [0.05, 0.1) is 5.56 Å². The molecule has 9 heteroatoms. The van der Waals surface area contributed by atoms with E-state index >= 15 is 0 Å². The summed E-state index contributed by atoms with van der Waals surface area (Å²) in [6, 6.07) is 4.23. The van der Waals surface area contributed by atoms with E-state index < -0.39 is 17.5 Å². The van der Waals surface area contributed by atoms with Crippen LogP contribution >= 0.6 is 0 Å². The topological polar surface area (TPSA) is 85.8 Å². The summed E-state index contributed by atoms with van der Waals surface area (Å²) in [5.74, 6) is -2.28. The Hall–Kier alpha value is -3.10. The van der Waals surface area contributed by atoms with E-state index in [0.717, 1.165) is 6.07 Å². The van der Waals surface area contributed by atoms with E-state index in [4.69, 9.17) is 4.42 Å². The van der Waals surface area contributed by atoms with E-state index in [2.05, 4.69) is 20.6 Å². The number of rotatable bonds is 3. The number of hydrogen-bond acceptors (Lipinski definition) is 5. The fourth-order valence-corrected chi connectivity index (χ4v) is 1.74. The Morgan fingerprint density at radius 1 is 1.27 bits per heavy atom. The molecule has 0 atom stereocenters. The molecule has 0 aliphatic carbocycles. The third kappa shape index (κ3) is 2.68. The number of anilines is 1. The van der Waals surface area contributed by atoms with Crippen molar-refractivity contribution in [2.24, 2.45) is 7.05 Å². The number of aryl methyl sites for hydroxylation is 1. The third-order valence-electron chi connectivity index (χ3n) is 2.75. The molecule has 0 radical (unpaired) electrons. The van der Waals surface area contributed by atoms with Gasteiger partial charge in [0.1, 0.15) is 11.6 Å². The first-order chi connectivity index (χ1) is 10.5. The van der Waals surface area contributed by atoms with Crippen molar-refractivity contribution in [2.45, 2.75) is 0 Å². The molecule has 0 aliphatic rings. The Labute approximate surface area is 122 Å². The zero-order valence-corrected chi connectivity index (χ0v) is 11.2. The largest absolute Gasteiger partial charge is 0.403 e. The van der Waals surface area contributed by atoms with Crippen LogP contribution in [-0.4, -0.2) is 25.9 Å². The minimum Gasteiger partial charge on any atom is -0.403 e. The average molecular weight is 305 g/mol. The Bertz CT molecular complexity index is 843. The molecule has 0 unspecified atom stereocenters. The van der Waals surface area contributed by atoms with E-state index in [9.17, 15) is 13.6 Å². The first-order valence-corrected chi connectivity index (χ1v) is 6.13. The molecule has 7 nitrogen and oxygen atoms in total. The fourth-order valence-electron chi connectivity index (χ4n) is 1.74. The lowest BCUT2D eigenvalue weighted by Crippen LogP contribution is -2.13. The molecule has 0 bridgehead atoms. The van der Waals surface area contributed by atoms with Crippen molar-refractivity contribution in [3.05, 3.63) is 47.8 Å². The summed E-state index contributed by atoms with van der Waals surface area (Å²) in [5, 5.41) is 13.4. The van der Waals surface area contributed by atoms with Gasteiger partial charge in [-0.2, -0.15) is 5.10 Å². The van der Waals surface area contributed by atoms with Gasteiger partial charge in [-0.1, -0.05) is 5.10 Å². The van der Waals surface area contributed by atoms with Crippen LogP contribution in [0.5, 0.6) is 0 Å². The van der Waals surface area contributed by atoms with Gasteiger partial charge in [-0.15, -0.1) is 5.10 Å². The summed E-state index contributed by atoms with van der Waals surface area (Å²) in [7, 11) is 1.67. The molecular formula is C13H9F2N5O2. The zero-order valence-electron chi connectivity index (χ0n) is 11.2. The Morgan fingerprint density at radius 3 is 2.77 bits per heavy atom. The van der Waals surface area contributed by atoms with Crippen LogP contribution in [-0.2, 0) is 7.05 Å². The maximum atomic E-state index is 13.6. The number of nitrogens with zero attached hydrogens (tertiary/aromatic N) is 4. The number of nitrogens with one attached hydrogen (secondary N) is 1. The summed E-state index contributed by atoms with van der Waals surface area (Å²) < 4.78 is 33.1. The summed E-state index contributed by atoms with van der Waals surface area (Å²) in [6.07, 6.45) is 1.60. The van der Waals surface area contributed by atoms with Crippen LogP contribution in [0, 0.1) is 11.6 Å². The van der Waals surface area contributed by atoms with Crippen LogP contribution in [0.25, 0.3) is 11.5 Å². The molecule has 112 valence electrons. The normalized spacial score (nSPS) is 10.7. The van der Waals surface area contributed by atoms with Crippen molar-refractivity contribution in [2.75, 3.05) is 5.32 Å². The van der Waals surface area contributed by atoms with Gasteiger partial charge in [-0.25, -0.2) is 8.78 Å². The minimum absolute atomic E-state index is 0.0627. The number of benzene rings is 1. The Morgan fingerprint density at radius 2 is 2.09 bits per heavy atom. The molecule has 22 heavy (non-hydrogen) atoms. The molecule has 0 saturated carbocycles. The number of halogens is 2. The molecule has 1 amide bonds. The highest BCUT2D eigenvalue weighted by molar-refractivity contribution is 6.01. The minimum atomic E-state index is -0.841. The van der Waals surface area contributed by atoms with Gasteiger partial charge in [-0.3, -0.25) is 14.8 Å². The van der Waals surface area contributed by atoms with Crippen molar-refractivity contribution in [3.8, 4) is 11.5 Å². The van der Waals surface area contributed by atoms with E-state index in [1.54, 1.807) is 13.2 Å². The molecule has 2 heterocycles. The SMILES string of the molecule is Cn1ccc(C(=O)Nc2nnc(-c3ccc(F)cc3F)o2)n1. The quantitative estimate of drug-likeness (QED) is 0.800. The number of carbonyl (C=O) groups excluding carboxylic acids is 1. The van der Waals surface area contributed by atoms with Gasteiger partial charge in [0.15, 0.2) is 5.69 Å². The van der Waals surface area contributed by atoms with E-state index in [1.165, 1.54) is 16.8 Å². The highest BCUT2D eigenvalue weighted by Gasteiger charge is 2.16. The summed E-state index contributed by atoms with van der Waals surface area (Å²) in [4.78, 5) is 11.8. The number of amides is 1. The van der Waals surface area contributed by atoms with Crippen LogP contribution in [0.2, 0.25) is 0 Å². The molecule has 0 spiro atoms. The molecule has 3 aromatic rings. The van der Waals surface area contributed by atoms with Gasteiger partial charge in [-0.05, 0) is 18.2 Å². The van der Waals surface area contributed by atoms with Gasteiger partial charge in [0.25, 0.3) is 11.8 Å². The first-order valence-electron chi connectivity index (χ1n) is 6.13. The van der Waals surface area contributed by atoms with E-state index in [-0.39, 0.29) is 23.2 Å². The van der Waals surface area contributed by atoms with Crippen molar-refractivity contribution >= 4 is 11.9 Å². The lowest BCUT2D eigenvalue weighted by atomic mass is 10.2. The maximum absolute atomic E-state index is 13.6. The van der Waals surface area contributed by atoms with Crippen LogP contribution in [0.4, 0.5) is 14.8 Å². The lowest BCUT2D eigenvalue weighted by Gasteiger charge is -1.98. The molecule has 0 aliphatic heterocycles. The standard InChI is InChI=1S/C13H9F2N5O2/c1-20-5-4-10(19-20)11(21)16-13-18-17-12(22-13)8-3-2-7(14)6-9(8)15/h2-6H,1H3,(H,16,18,21). The predicted octanol–water partition coefficient (Wildman–Crippen LogP) is 2.00. The van der Waals surface area contributed by atoms with Crippen molar-refractivity contribution < 1.29 is 18.0 Å². The second kappa shape index (κ2) is 5.35. The van der Waals surface area contributed by atoms with Crippen molar-refractivity contribution in [1.29, 1.82) is 0 Å². The summed E-state index contributed by atoms with van der Waals surface area (Å²) in [6.45, 7) is 0. The van der Waals surface area contributed by atoms with Crippen molar-refractivity contribution in [3.63, 3.8) is 0 Å². The third-order valence-corrected chi connectivity index (χ3v) is 2.75. The highest BCUT2D eigenvalue weighted by atomic mass is 19.1. The van der Waals surface area contributed by atoms with E-state index in [1.807, 2.05) is 0 Å². The molecule has 1 N–H and O–H groups in total. The van der Waals surface area contributed by atoms with Crippen molar-refractivity contribution in [1.82, 2.24) is 20.0 Å². The monoisotopic (exact) mass is 305 g/mol. The first kappa shape index (κ1) is 13.9. The molecule has 0 fully saturated rings. The fraction of sp³-hybridized carbons (Fsp3) is 0.0769. The van der Waals surface area contributed by atoms with Crippen LogP contribution < -0.4 is 5.32 Å². The number of aromatic nitrogens is 4. The van der Waals surface area contributed by atoms with Gasteiger partial charge < -0.3 is 4.42 Å². The maximum Gasteiger partial charge on any atom is 0.322 e. The van der Waals surface area contributed by atoms with Gasteiger partial charge in [0.2, 0.25) is 0 Å². The van der Waals surface area contributed by atoms with Gasteiger partial charge in [0, 0.05) is 19.3 Å². The smallest absolute Gasteiger partial charge is 0.322 e. The molecule has 3 rings (SSSR count). The summed E-state index contributed by atoms with van der Waals surface area (Å²) in [5.41, 5.74) is 0.0995. The average Bonchev–Trinajstić information content (AvgIpc) is 3.08. The van der Waals surface area contributed by atoms with Gasteiger partial charge >= 0.3 is 6.01 Å². The molecule has 1 aromatic carbocycles. The zero-order chi connectivity index (χ0) is 15.7. The molecule has 0 saturated heterocycles. The second-order valence-corrected chi connectivity index (χ2v) is 4.37. The Balaban J connectivity index is 1.80. The predicted molar refractivity (Wildman–Crippen MR) is 70.8 cm³/mol. The Kier molecular flexibility index (Phi) is 3.37. The van der Waals surface area contributed by atoms with Crippen LogP contribution in [0.3, 0.4) is 0 Å². The van der Waals surface area contributed by atoms with E-state index in [0.29, 0.717) is 6.07 Å². The van der Waals surface area contributed by atoms with Crippen LogP contribution in [0.15, 0.2) is 34.9 Å².